The van der Waals surface area contributed by atoms with Gasteiger partial charge in [-0.3, -0.25) is 0 Å². The van der Waals surface area contributed by atoms with Crippen LogP contribution in [-0.2, 0) is 4.74 Å². The summed E-state index contributed by atoms with van der Waals surface area (Å²) >= 11 is 0. The van der Waals surface area contributed by atoms with Crippen molar-refractivity contribution in [1.82, 2.24) is 10.3 Å². The number of pyridine rings is 1. The van der Waals surface area contributed by atoms with Crippen LogP contribution >= 0.6 is 0 Å². The first-order valence-corrected chi connectivity index (χ1v) is 9.02. The first kappa shape index (κ1) is 16.4. The summed E-state index contributed by atoms with van der Waals surface area (Å²) in [5, 5.41) is 3.38. The van der Waals surface area contributed by atoms with E-state index in [4.69, 9.17) is 14.2 Å². The third-order valence-corrected chi connectivity index (χ3v) is 4.56. The molecule has 1 saturated carbocycles. The summed E-state index contributed by atoms with van der Waals surface area (Å²) in [6.07, 6.45) is 3.98. The average Bonchev–Trinajstić information content (AvgIpc) is 3.51. The molecule has 2 aromatic rings. The predicted molar refractivity (Wildman–Crippen MR) is 94.9 cm³/mol. The lowest BCUT2D eigenvalue weighted by atomic mass is 10.0. The molecule has 1 aliphatic carbocycles. The summed E-state index contributed by atoms with van der Waals surface area (Å²) in [6.45, 7) is 3.04. The molecule has 0 bridgehead atoms. The van der Waals surface area contributed by atoms with Gasteiger partial charge in [0, 0.05) is 19.3 Å². The number of aromatic nitrogens is 1. The van der Waals surface area contributed by atoms with Crippen molar-refractivity contribution < 1.29 is 14.2 Å². The van der Waals surface area contributed by atoms with E-state index in [1.54, 1.807) is 6.20 Å². The average molecular weight is 340 g/mol. The van der Waals surface area contributed by atoms with E-state index >= 15 is 0 Å². The number of hydrogen-bond donors (Lipinski definition) is 1. The third-order valence-electron chi connectivity index (χ3n) is 4.56. The summed E-state index contributed by atoms with van der Waals surface area (Å²) in [5.41, 5.74) is 1.09. The van der Waals surface area contributed by atoms with Gasteiger partial charge in [-0.05, 0) is 36.5 Å². The maximum absolute atomic E-state index is 6.37. The predicted octanol–water partition coefficient (Wildman–Crippen LogP) is 2.98. The molecule has 4 rings (SSSR count). The Labute approximate surface area is 148 Å². The van der Waals surface area contributed by atoms with Gasteiger partial charge in [0.25, 0.3) is 5.88 Å². The molecule has 0 radical (unpaired) electrons. The Hall–Kier alpha value is -2.11. The van der Waals surface area contributed by atoms with E-state index in [1.807, 2.05) is 30.3 Å². The first-order chi connectivity index (χ1) is 12.4. The van der Waals surface area contributed by atoms with Crippen LogP contribution < -0.4 is 14.8 Å². The van der Waals surface area contributed by atoms with Crippen LogP contribution in [0.2, 0.25) is 0 Å². The highest BCUT2D eigenvalue weighted by Gasteiger charge is 2.29. The van der Waals surface area contributed by atoms with Crippen LogP contribution in [0.3, 0.4) is 0 Å². The molecule has 2 heterocycles. The van der Waals surface area contributed by atoms with Gasteiger partial charge < -0.3 is 19.5 Å². The molecule has 1 saturated heterocycles. The summed E-state index contributed by atoms with van der Waals surface area (Å²) in [7, 11) is 0. The van der Waals surface area contributed by atoms with E-state index in [9.17, 15) is 0 Å². The molecule has 1 aromatic carbocycles. The van der Waals surface area contributed by atoms with Crippen molar-refractivity contribution in [2.75, 3.05) is 26.3 Å². The molecule has 2 aliphatic rings. The van der Waals surface area contributed by atoms with Crippen molar-refractivity contribution in [2.45, 2.75) is 25.0 Å². The molecule has 0 amide bonds. The van der Waals surface area contributed by atoms with Crippen LogP contribution in [0.25, 0.3) is 0 Å². The number of hydrogen-bond acceptors (Lipinski definition) is 5. The van der Waals surface area contributed by atoms with Gasteiger partial charge in [0.1, 0.15) is 6.10 Å². The van der Waals surface area contributed by atoms with Crippen LogP contribution in [0, 0.1) is 5.92 Å². The van der Waals surface area contributed by atoms with Gasteiger partial charge in [-0.25, -0.2) is 4.98 Å². The van der Waals surface area contributed by atoms with Crippen molar-refractivity contribution >= 4 is 0 Å². The highest BCUT2D eigenvalue weighted by atomic mass is 16.6. The molecule has 5 nitrogen and oxygen atoms in total. The minimum Gasteiger partial charge on any atom is -0.477 e. The third kappa shape index (κ3) is 4.30. The Kier molecular flexibility index (Phi) is 5.14. The molecule has 25 heavy (non-hydrogen) atoms. The molecule has 2 fully saturated rings. The molecule has 0 unspecified atom stereocenters. The Morgan fingerprint density at radius 1 is 1.16 bits per heavy atom. The van der Waals surface area contributed by atoms with Gasteiger partial charge in [0.15, 0.2) is 11.9 Å². The largest absolute Gasteiger partial charge is 0.477 e. The quantitative estimate of drug-likeness (QED) is 0.840. The fraction of sp³-hybridized carbons (Fsp3) is 0.450. The minimum atomic E-state index is -0.207. The van der Waals surface area contributed by atoms with Crippen LogP contribution in [0.5, 0.6) is 11.6 Å². The highest BCUT2D eigenvalue weighted by Crippen LogP contribution is 2.34. The topological polar surface area (TPSA) is 52.6 Å². The molecule has 1 aromatic heterocycles. The number of benzene rings is 1. The first-order valence-electron chi connectivity index (χ1n) is 9.02. The van der Waals surface area contributed by atoms with Crippen molar-refractivity contribution in [3.63, 3.8) is 0 Å². The fourth-order valence-electron chi connectivity index (χ4n) is 2.97. The second kappa shape index (κ2) is 7.85. The van der Waals surface area contributed by atoms with Gasteiger partial charge in [0.05, 0.1) is 13.2 Å². The molecular formula is C20H24N2O3. The second-order valence-corrected chi connectivity index (χ2v) is 6.62. The lowest BCUT2D eigenvalue weighted by molar-refractivity contribution is -0.0441. The maximum Gasteiger partial charge on any atom is 0.257 e. The van der Waals surface area contributed by atoms with Crippen LogP contribution in [0.4, 0.5) is 0 Å². The summed E-state index contributed by atoms with van der Waals surface area (Å²) in [4.78, 5) is 4.37. The monoisotopic (exact) mass is 340 g/mol. The van der Waals surface area contributed by atoms with Gasteiger partial charge >= 0.3 is 0 Å². The fourth-order valence-corrected chi connectivity index (χ4v) is 2.97. The standard InChI is InChI=1S/C20H24N2O3/c1-2-5-16(6-3-1)19(18-13-21-11-12-23-18)25-17-7-4-10-22-20(17)24-14-15-8-9-15/h1-7,10,15,18-19,21H,8-9,11-14H2/t18-,19-/m0/s1. The Balaban J connectivity index is 1.55. The van der Waals surface area contributed by atoms with E-state index in [2.05, 4.69) is 22.4 Å². The SMILES string of the molecule is c1ccc([C@H](Oc2cccnc2OCC2CC2)[C@@H]2CNCCO2)cc1. The Bertz CT molecular complexity index is 670. The maximum atomic E-state index is 6.37. The van der Waals surface area contributed by atoms with E-state index in [-0.39, 0.29) is 12.2 Å². The molecule has 1 N–H and O–H groups in total. The normalized spacial score (nSPS) is 21.5. The van der Waals surface area contributed by atoms with Crippen molar-refractivity contribution in [2.24, 2.45) is 5.92 Å². The number of morpholine rings is 1. The van der Waals surface area contributed by atoms with Gasteiger partial charge in [-0.15, -0.1) is 0 Å². The van der Waals surface area contributed by atoms with Gasteiger partial charge in [-0.2, -0.15) is 0 Å². The van der Waals surface area contributed by atoms with Gasteiger partial charge in [0.2, 0.25) is 0 Å². The van der Waals surface area contributed by atoms with Crippen LogP contribution in [-0.4, -0.2) is 37.4 Å². The summed E-state index contributed by atoms with van der Waals surface area (Å²) < 4.78 is 18.2. The minimum absolute atomic E-state index is 0.0485. The van der Waals surface area contributed by atoms with Gasteiger partial charge in [-0.1, -0.05) is 30.3 Å². The molecule has 132 valence electrons. The zero-order valence-electron chi connectivity index (χ0n) is 14.3. The molecule has 2 atom stereocenters. The Morgan fingerprint density at radius 3 is 2.80 bits per heavy atom. The lowest BCUT2D eigenvalue weighted by Crippen LogP contribution is -2.43. The lowest BCUT2D eigenvalue weighted by Gasteiger charge is -2.31. The number of nitrogens with one attached hydrogen (secondary N) is 1. The van der Waals surface area contributed by atoms with Crippen molar-refractivity contribution in [1.29, 1.82) is 0 Å². The summed E-state index contributed by atoms with van der Waals surface area (Å²) in [5.74, 6) is 1.91. The van der Waals surface area contributed by atoms with Crippen LogP contribution in [0.15, 0.2) is 48.7 Å². The van der Waals surface area contributed by atoms with Crippen molar-refractivity contribution in [3.05, 3.63) is 54.2 Å². The molecular weight excluding hydrogens is 316 g/mol. The number of rotatable bonds is 7. The number of nitrogens with zero attached hydrogens (tertiary/aromatic N) is 1. The smallest absolute Gasteiger partial charge is 0.257 e. The van der Waals surface area contributed by atoms with E-state index in [0.717, 1.165) is 18.7 Å². The molecule has 0 spiro atoms. The molecule has 5 heteroatoms. The second-order valence-electron chi connectivity index (χ2n) is 6.62. The van der Waals surface area contributed by atoms with Crippen molar-refractivity contribution in [3.8, 4) is 11.6 Å². The zero-order chi connectivity index (χ0) is 16.9. The van der Waals surface area contributed by atoms with E-state index in [0.29, 0.717) is 30.8 Å². The Morgan fingerprint density at radius 2 is 2.04 bits per heavy atom. The number of ether oxygens (including phenoxy) is 3. The van der Waals surface area contributed by atoms with E-state index < -0.39 is 0 Å². The molecule has 1 aliphatic heterocycles. The summed E-state index contributed by atoms with van der Waals surface area (Å²) in [6, 6.07) is 14.0. The zero-order valence-corrected chi connectivity index (χ0v) is 14.3. The van der Waals surface area contributed by atoms with E-state index in [1.165, 1.54) is 12.8 Å². The highest BCUT2D eigenvalue weighted by molar-refractivity contribution is 5.34. The van der Waals surface area contributed by atoms with Crippen LogP contribution in [0.1, 0.15) is 24.5 Å².